The number of rotatable bonds is 4. The molecule has 38 heavy (non-hydrogen) atoms. The first-order valence-corrected chi connectivity index (χ1v) is 11.8. The largest absolute Gasteiger partial charge is 0.490 e. The molecule has 3 saturated heterocycles. The van der Waals surface area contributed by atoms with E-state index in [1.165, 1.54) is 5.56 Å². The van der Waals surface area contributed by atoms with Crippen LogP contribution in [0.1, 0.15) is 24.8 Å². The van der Waals surface area contributed by atoms with Crippen molar-refractivity contribution in [3.05, 3.63) is 30.1 Å². The topological polar surface area (TPSA) is 120 Å². The molecule has 0 radical (unpaired) electrons. The molecular formula is C23H29F6N3O6. The van der Waals surface area contributed by atoms with Gasteiger partial charge in [-0.1, -0.05) is 6.07 Å². The zero-order valence-corrected chi connectivity index (χ0v) is 20.2. The summed E-state index contributed by atoms with van der Waals surface area (Å²) in [7, 11) is 0. The summed E-state index contributed by atoms with van der Waals surface area (Å²) in [4.78, 5) is 39.1. The fraction of sp³-hybridized carbons (Fsp3) is 0.652. The number of aromatic nitrogens is 1. The van der Waals surface area contributed by atoms with Gasteiger partial charge in [-0.25, -0.2) is 9.59 Å². The van der Waals surface area contributed by atoms with Gasteiger partial charge >= 0.3 is 24.3 Å². The number of likely N-dealkylation sites (tertiary alicyclic amines) is 2. The Morgan fingerprint density at radius 1 is 0.974 bits per heavy atom. The predicted octanol–water partition coefficient (Wildman–Crippen LogP) is 3.06. The van der Waals surface area contributed by atoms with Crippen molar-refractivity contribution in [3.63, 3.8) is 0 Å². The molecule has 1 aromatic rings. The first-order valence-electron chi connectivity index (χ1n) is 11.8. The number of ether oxygens (including phenoxy) is 1. The lowest BCUT2D eigenvalue weighted by Crippen LogP contribution is -2.39. The maximum Gasteiger partial charge on any atom is 0.490 e. The second kappa shape index (κ2) is 13.7. The van der Waals surface area contributed by atoms with Crippen LogP contribution in [-0.4, -0.2) is 94.6 Å². The van der Waals surface area contributed by atoms with E-state index in [0.29, 0.717) is 30.1 Å². The van der Waals surface area contributed by atoms with Crippen LogP contribution in [0.4, 0.5) is 26.3 Å². The lowest BCUT2D eigenvalue weighted by atomic mass is 9.81. The monoisotopic (exact) mass is 557 g/mol. The van der Waals surface area contributed by atoms with E-state index in [1.54, 1.807) is 0 Å². The molecule has 214 valence electrons. The van der Waals surface area contributed by atoms with Crippen molar-refractivity contribution in [2.45, 2.75) is 38.2 Å². The average Bonchev–Trinajstić information content (AvgIpc) is 3.50. The normalized spacial score (nSPS) is 23.4. The lowest BCUT2D eigenvalue weighted by molar-refractivity contribution is -0.193. The third kappa shape index (κ3) is 10.1. The Labute approximate surface area is 214 Å². The van der Waals surface area contributed by atoms with Crippen LogP contribution in [0.25, 0.3) is 0 Å². The van der Waals surface area contributed by atoms with Crippen LogP contribution in [0.2, 0.25) is 0 Å². The van der Waals surface area contributed by atoms with Gasteiger partial charge in [0.25, 0.3) is 0 Å². The van der Waals surface area contributed by atoms with Gasteiger partial charge in [0.15, 0.2) is 0 Å². The fourth-order valence-electron chi connectivity index (χ4n) is 4.60. The number of aliphatic carboxylic acids is 2. The Bertz CT molecular complexity index is 900. The third-order valence-corrected chi connectivity index (χ3v) is 6.35. The summed E-state index contributed by atoms with van der Waals surface area (Å²) < 4.78 is 69.3. The molecule has 4 heterocycles. The second-order valence-electron chi connectivity index (χ2n) is 9.17. The highest BCUT2D eigenvalue weighted by Gasteiger charge is 2.42. The first kappa shape index (κ1) is 31.3. The highest BCUT2D eigenvalue weighted by Crippen LogP contribution is 2.36. The number of carbonyl (C=O) groups excluding carboxylic acids is 1. The van der Waals surface area contributed by atoms with Crippen LogP contribution >= 0.6 is 0 Å². The Hall–Kier alpha value is -2.94. The van der Waals surface area contributed by atoms with Crippen LogP contribution < -0.4 is 0 Å². The van der Waals surface area contributed by atoms with E-state index >= 15 is 0 Å². The minimum atomic E-state index is -5.08. The van der Waals surface area contributed by atoms with Gasteiger partial charge in [0, 0.05) is 51.5 Å². The maximum atomic E-state index is 12.5. The SMILES string of the molecule is O=C(C[C@@H]1COC[C@H]2CN(Cc3cccnc3)C[C@@H]12)N1CCCC1.O=C(O)C(F)(F)F.O=C(O)C(F)(F)F. The van der Waals surface area contributed by atoms with Crippen molar-refractivity contribution in [3.8, 4) is 0 Å². The van der Waals surface area contributed by atoms with Gasteiger partial charge in [-0.2, -0.15) is 26.3 Å². The van der Waals surface area contributed by atoms with Gasteiger partial charge in [0.1, 0.15) is 0 Å². The zero-order valence-electron chi connectivity index (χ0n) is 20.2. The summed E-state index contributed by atoms with van der Waals surface area (Å²) in [6.45, 7) is 6.62. The van der Waals surface area contributed by atoms with Gasteiger partial charge in [0.2, 0.25) is 5.91 Å². The van der Waals surface area contributed by atoms with Crippen molar-refractivity contribution in [1.29, 1.82) is 0 Å². The van der Waals surface area contributed by atoms with Gasteiger partial charge in [-0.15, -0.1) is 0 Å². The standard InChI is InChI=1S/C19H27N3O2.2C2HF3O2/c23-19(22-6-1-2-7-22)8-16-13-24-14-17-11-21(12-18(16)17)10-15-4-3-5-20-9-15;2*3-2(4,5)1(6)7/h3-5,9,16-18H,1-2,6-8,10-14H2;2*(H,6,7)/t16-,17-,18+;;/m1../s1. The Morgan fingerprint density at radius 3 is 2.05 bits per heavy atom. The Kier molecular flexibility index (Phi) is 11.3. The molecule has 3 fully saturated rings. The van der Waals surface area contributed by atoms with Crippen LogP contribution in [-0.2, 0) is 25.7 Å². The van der Waals surface area contributed by atoms with E-state index in [9.17, 15) is 31.1 Å². The Morgan fingerprint density at radius 2 is 1.55 bits per heavy atom. The van der Waals surface area contributed by atoms with Crippen molar-refractivity contribution < 1.29 is 55.7 Å². The molecule has 2 N–H and O–H groups in total. The summed E-state index contributed by atoms with van der Waals surface area (Å²) in [6.07, 6.45) is -3.40. The van der Waals surface area contributed by atoms with E-state index in [0.717, 1.165) is 58.8 Å². The number of carboxylic acids is 2. The van der Waals surface area contributed by atoms with Crippen LogP contribution in [0.15, 0.2) is 24.5 Å². The van der Waals surface area contributed by atoms with Crippen LogP contribution in [0, 0.1) is 17.8 Å². The number of pyridine rings is 1. The molecule has 4 rings (SSSR count). The third-order valence-electron chi connectivity index (χ3n) is 6.35. The van der Waals surface area contributed by atoms with E-state index in [-0.39, 0.29) is 0 Å². The van der Waals surface area contributed by atoms with Gasteiger partial charge in [0.05, 0.1) is 13.2 Å². The predicted molar refractivity (Wildman–Crippen MR) is 119 cm³/mol. The summed E-state index contributed by atoms with van der Waals surface area (Å²) in [5, 5.41) is 14.2. The lowest BCUT2D eigenvalue weighted by Gasteiger charge is -2.33. The number of fused-ring (bicyclic) bond motifs is 1. The maximum absolute atomic E-state index is 12.5. The average molecular weight is 557 g/mol. The molecule has 3 aliphatic heterocycles. The van der Waals surface area contributed by atoms with E-state index in [4.69, 9.17) is 24.5 Å². The molecule has 9 nitrogen and oxygen atoms in total. The van der Waals surface area contributed by atoms with Crippen LogP contribution in [0.3, 0.4) is 0 Å². The summed E-state index contributed by atoms with van der Waals surface area (Å²) in [5.41, 5.74) is 1.27. The number of hydrogen-bond acceptors (Lipinski definition) is 6. The highest BCUT2D eigenvalue weighted by molar-refractivity contribution is 5.76. The van der Waals surface area contributed by atoms with Gasteiger partial charge < -0.3 is 19.8 Å². The quantitative estimate of drug-likeness (QED) is 0.543. The van der Waals surface area contributed by atoms with E-state index < -0.39 is 24.3 Å². The molecule has 0 bridgehead atoms. The Balaban J connectivity index is 0.000000301. The van der Waals surface area contributed by atoms with Gasteiger partial charge in [-0.3, -0.25) is 14.7 Å². The van der Waals surface area contributed by atoms with E-state index in [2.05, 4.69) is 16.0 Å². The van der Waals surface area contributed by atoms with E-state index in [1.807, 2.05) is 23.4 Å². The highest BCUT2D eigenvalue weighted by atomic mass is 19.4. The smallest absolute Gasteiger partial charge is 0.475 e. The minimum absolute atomic E-state index is 0.340. The molecular weight excluding hydrogens is 528 g/mol. The van der Waals surface area contributed by atoms with Crippen molar-refractivity contribution in [2.24, 2.45) is 17.8 Å². The molecule has 1 amide bonds. The minimum Gasteiger partial charge on any atom is -0.475 e. The molecule has 0 saturated carbocycles. The number of carbonyl (C=O) groups is 3. The zero-order chi connectivity index (χ0) is 28.5. The van der Waals surface area contributed by atoms with Gasteiger partial charge in [-0.05, 0) is 42.2 Å². The number of hydrogen-bond donors (Lipinski definition) is 2. The fourth-order valence-corrected chi connectivity index (χ4v) is 4.60. The molecule has 3 aliphatic rings. The molecule has 0 aromatic carbocycles. The van der Waals surface area contributed by atoms with Crippen LogP contribution in [0.5, 0.6) is 0 Å². The first-order chi connectivity index (χ1) is 17.7. The number of nitrogens with zero attached hydrogens (tertiary/aromatic N) is 3. The van der Waals surface area contributed by atoms with Crippen molar-refractivity contribution in [2.75, 3.05) is 39.4 Å². The summed E-state index contributed by atoms with van der Waals surface area (Å²) in [6, 6.07) is 4.14. The molecule has 15 heteroatoms. The molecule has 1 aromatic heterocycles. The summed E-state index contributed by atoms with van der Waals surface area (Å²) >= 11 is 0. The number of halogens is 6. The molecule has 0 aliphatic carbocycles. The van der Waals surface area contributed by atoms with Crippen molar-refractivity contribution >= 4 is 17.8 Å². The molecule has 3 atom stereocenters. The second-order valence-corrected chi connectivity index (χ2v) is 9.17. The van der Waals surface area contributed by atoms with Crippen molar-refractivity contribution in [1.82, 2.24) is 14.8 Å². The number of carboxylic acid groups (broad SMARTS) is 2. The number of amides is 1. The molecule has 0 spiro atoms. The molecule has 0 unspecified atom stereocenters. The summed E-state index contributed by atoms with van der Waals surface area (Å²) in [5.74, 6) is -3.61. The number of alkyl halides is 6.